The molecule has 0 radical (unpaired) electrons. The molecule has 0 saturated heterocycles. The molecule has 1 aromatic rings. The molecule has 0 aliphatic heterocycles. The zero-order valence-electron chi connectivity index (χ0n) is 8.33. The Hall–Kier alpha value is -1.29. The van der Waals surface area contributed by atoms with E-state index in [0.717, 1.165) is 19.4 Å². The summed E-state index contributed by atoms with van der Waals surface area (Å²) in [6.45, 7) is 4.78. The van der Waals surface area contributed by atoms with Crippen molar-refractivity contribution in [2.45, 2.75) is 12.8 Å². The standard InChI is InChI=1S/C10H13ClN4/c1-6-2-7(3-6)5-13-9-4-8(11)14-10(12)15-9/h4,7H,1-3,5H2,(H3,12,13,14,15). The maximum Gasteiger partial charge on any atom is 0.223 e. The molecule has 1 fully saturated rings. The van der Waals surface area contributed by atoms with E-state index >= 15 is 0 Å². The highest BCUT2D eigenvalue weighted by Crippen LogP contribution is 2.31. The molecule has 0 unspecified atom stereocenters. The molecular weight excluding hydrogens is 212 g/mol. The van der Waals surface area contributed by atoms with Gasteiger partial charge in [-0.1, -0.05) is 23.8 Å². The van der Waals surface area contributed by atoms with Crippen molar-refractivity contribution >= 4 is 23.4 Å². The van der Waals surface area contributed by atoms with Crippen LogP contribution < -0.4 is 11.1 Å². The lowest BCUT2D eigenvalue weighted by Crippen LogP contribution is -2.23. The molecule has 4 nitrogen and oxygen atoms in total. The van der Waals surface area contributed by atoms with Crippen LogP contribution in [0.15, 0.2) is 18.2 Å². The summed E-state index contributed by atoms with van der Waals surface area (Å²) in [5, 5.41) is 3.56. The number of nitrogens with one attached hydrogen (secondary N) is 1. The Kier molecular flexibility index (Phi) is 2.77. The average molecular weight is 225 g/mol. The zero-order chi connectivity index (χ0) is 10.8. The highest BCUT2D eigenvalue weighted by molar-refractivity contribution is 6.29. The van der Waals surface area contributed by atoms with Crippen LogP contribution in [0.3, 0.4) is 0 Å². The average Bonchev–Trinajstić information content (AvgIpc) is 2.09. The van der Waals surface area contributed by atoms with Gasteiger partial charge in [0.25, 0.3) is 0 Å². The van der Waals surface area contributed by atoms with E-state index in [-0.39, 0.29) is 5.95 Å². The lowest BCUT2D eigenvalue weighted by atomic mass is 9.81. The van der Waals surface area contributed by atoms with Gasteiger partial charge in [-0.2, -0.15) is 4.98 Å². The van der Waals surface area contributed by atoms with Crippen LogP contribution in [-0.4, -0.2) is 16.5 Å². The van der Waals surface area contributed by atoms with Gasteiger partial charge >= 0.3 is 0 Å². The van der Waals surface area contributed by atoms with Gasteiger partial charge in [0.15, 0.2) is 0 Å². The fourth-order valence-electron chi connectivity index (χ4n) is 1.68. The van der Waals surface area contributed by atoms with Crippen molar-refractivity contribution < 1.29 is 0 Å². The first-order chi connectivity index (χ1) is 7.13. The van der Waals surface area contributed by atoms with Crippen LogP contribution in [0.4, 0.5) is 11.8 Å². The minimum Gasteiger partial charge on any atom is -0.370 e. The van der Waals surface area contributed by atoms with Crippen LogP contribution in [0.5, 0.6) is 0 Å². The summed E-state index contributed by atoms with van der Waals surface area (Å²) in [6.07, 6.45) is 2.20. The maximum atomic E-state index is 5.75. The lowest BCUT2D eigenvalue weighted by Gasteiger charge is -2.28. The third kappa shape index (κ3) is 2.59. The van der Waals surface area contributed by atoms with Gasteiger partial charge in [-0.05, 0) is 18.8 Å². The van der Waals surface area contributed by atoms with Crippen LogP contribution in [-0.2, 0) is 0 Å². The third-order valence-corrected chi connectivity index (χ3v) is 2.63. The molecule has 0 amide bonds. The van der Waals surface area contributed by atoms with E-state index in [1.807, 2.05) is 0 Å². The van der Waals surface area contributed by atoms with Crippen LogP contribution in [0, 0.1) is 5.92 Å². The molecule has 1 aromatic heterocycles. The largest absolute Gasteiger partial charge is 0.370 e. The predicted molar refractivity (Wildman–Crippen MR) is 61.8 cm³/mol. The molecular formula is C10H13ClN4. The van der Waals surface area contributed by atoms with E-state index in [9.17, 15) is 0 Å². The molecule has 2 rings (SSSR count). The molecule has 3 N–H and O–H groups in total. The molecule has 1 heterocycles. The van der Waals surface area contributed by atoms with Crippen molar-refractivity contribution in [2.24, 2.45) is 5.92 Å². The molecule has 1 saturated carbocycles. The van der Waals surface area contributed by atoms with Gasteiger partial charge in [-0.3, -0.25) is 0 Å². The fourth-order valence-corrected chi connectivity index (χ4v) is 1.87. The number of anilines is 2. The van der Waals surface area contributed by atoms with E-state index in [1.54, 1.807) is 6.07 Å². The third-order valence-electron chi connectivity index (χ3n) is 2.44. The number of rotatable bonds is 3. The lowest BCUT2D eigenvalue weighted by molar-refractivity contribution is 0.442. The van der Waals surface area contributed by atoms with Crippen LogP contribution >= 0.6 is 11.6 Å². The van der Waals surface area contributed by atoms with Gasteiger partial charge in [0, 0.05) is 12.6 Å². The Bertz CT molecular complexity index is 363. The summed E-state index contributed by atoms with van der Waals surface area (Å²) in [6, 6.07) is 1.67. The Morgan fingerprint density at radius 1 is 1.53 bits per heavy atom. The molecule has 0 aromatic carbocycles. The maximum absolute atomic E-state index is 5.75. The van der Waals surface area contributed by atoms with Gasteiger partial charge in [-0.25, -0.2) is 4.98 Å². The smallest absolute Gasteiger partial charge is 0.223 e. The van der Waals surface area contributed by atoms with E-state index in [1.165, 1.54) is 5.57 Å². The van der Waals surface area contributed by atoms with Crippen molar-refractivity contribution in [3.63, 3.8) is 0 Å². The van der Waals surface area contributed by atoms with Gasteiger partial charge in [0.2, 0.25) is 5.95 Å². The molecule has 5 heteroatoms. The zero-order valence-corrected chi connectivity index (χ0v) is 9.09. The monoisotopic (exact) mass is 224 g/mol. The number of hydrogen-bond donors (Lipinski definition) is 2. The number of hydrogen-bond acceptors (Lipinski definition) is 4. The van der Waals surface area contributed by atoms with Crippen molar-refractivity contribution in [1.29, 1.82) is 0 Å². The molecule has 0 atom stereocenters. The van der Waals surface area contributed by atoms with E-state index < -0.39 is 0 Å². The summed E-state index contributed by atoms with van der Waals surface area (Å²) in [4.78, 5) is 7.82. The highest BCUT2D eigenvalue weighted by Gasteiger charge is 2.20. The summed E-state index contributed by atoms with van der Waals surface area (Å²) < 4.78 is 0. The predicted octanol–water partition coefficient (Wildman–Crippen LogP) is 2.09. The number of aromatic nitrogens is 2. The first-order valence-electron chi connectivity index (χ1n) is 4.84. The minimum absolute atomic E-state index is 0.197. The van der Waals surface area contributed by atoms with Crippen molar-refractivity contribution in [1.82, 2.24) is 9.97 Å². The Labute approximate surface area is 93.6 Å². The molecule has 0 bridgehead atoms. The first-order valence-corrected chi connectivity index (χ1v) is 5.22. The topological polar surface area (TPSA) is 63.8 Å². The van der Waals surface area contributed by atoms with Crippen molar-refractivity contribution in [2.75, 3.05) is 17.6 Å². The second-order valence-corrected chi connectivity index (χ2v) is 4.23. The number of nitrogens with zero attached hydrogens (tertiary/aromatic N) is 2. The summed E-state index contributed by atoms with van der Waals surface area (Å²) in [7, 11) is 0. The second kappa shape index (κ2) is 4.06. The Morgan fingerprint density at radius 2 is 2.27 bits per heavy atom. The van der Waals surface area contributed by atoms with Gasteiger partial charge in [0.05, 0.1) is 0 Å². The number of nitrogens with two attached hydrogens (primary N) is 1. The highest BCUT2D eigenvalue weighted by atomic mass is 35.5. The molecule has 80 valence electrons. The first kappa shape index (κ1) is 10.2. The fraction of sp³-hybridized carbons (Fsp3) is 0.400. The van der Waals surface area contributed by atoms with Crippen molar-refractivity contribution in [3.8, 4) is 0 Å². The summed E-state index contributed by atoms with van der Waals surface area (Å²) in [5.74, 6) is 1.54. The molecule has 1 aliphatic carbocycles. The molecule has 15 heavy (non-hydrogen) atoms. The Morgan fingerprint density at radius 3 is 2.87 bits per heavy atom. The number of nitrogen functional groups attached to an aromatic ring is 1. The normalized spacial score (nSPS) is 16.2. The van der Waals surface area contributed by atoms with Crippen LogP contribution in [0.2, 0.25) is 5.15 Å². The Balaban J connectivity index is 1.90. The quantitative estimate of drug-likeness (QED) is 0.610. The van der Waals surface area contributed by atoms with E-state index in [2.05, 4.69) is 21.9 Å². The van der Waals surface area contributed by atoms with Gasteiger partial charge in [-0.15, -0.1) is 0 Å². The van der Waals surface area contributed by atoms with Gasteiger partial charge < -0.3 is 11.1 Å². The van der Waals surface area contributed by atoms with Crippen molar-refractivity contribution in [3.05, 3.63) is 23.4 Å². The second-order valence-electron chi connectivity index (χ2n) is 3.84. The number of halogens is 1. The molecule has 0 spiro atoms. The van der Waals surface area contributed by atoms with Crippen LogP contribution in [0.25, 0.3) is 0 Å². The number of allylic oxidation sites excluding steroid dienone is 1. The van der Waals surface area contributed by atoms with E-state index in [0.29, 0.717) is 16.9 Å². The van der Waals surface area contributed by atoms with E-state index in [4.69, 9.17) is 17.3 Å². The summed E-state index contributed by atoms with van der Waals surface area (Å²) >= 11 is 5.75. The van der Waals surface area contributed by atoms with Crippen LogP contribution in [0.1, 0.15) is 12.8 Å². The van der Waals surface area contributed by atoms with Gasteiger partial charge in [0.1, 0.15) is 11.0 Å². The minimum atomic E-state index is 0.197. The summed E-state index contributed by atoms with van der Waals surface area (Å²) in [5.41, 5.74) is 6.79. The SMILES string of the molecule is C=C1CC(CNc2cc(Cl)nc(N)n2)C1. The molecule has 1 aliphatic rings.